The smallest absolute Gasteiger partial charge is 0.0825 e. The Hall–Kier alpha value is -0.560. The van der Waals surface area contributed by atoms with E-state index in [1.807, 2.05) is 13.8 Å². The molecule has 0 aromatic rings. The van der Waals surface area contributed by atoms with Crippen LogP contribution in [0.4, 0.5) is 0 Å². The van der Waals surface area contributed by atoms with Crippen LogP contribution in [0.2, 0.25) is 0 Å². The highest BCUT2D eigenvalue weighted by molar-refractivity contribution is 5.06. The minimum Gasteiger partial charge on any atom is -0.386 e. The molecular weight excluding hydrogens is 124 g/mol. The molecule has 0 heterocycles. The van der Waals surface area contributed by atoms with E-state index in [1.54, 1.807) is 18.2 Å². The lowest BCUT2D eigenvalue weighted by atomic mass is 9.97. The fraction of sp³-hybridized carbons (Fsp3) is 0.556. The summed E-state index contributed by atoms with van der Waals surface area (Å²) in [6.07, 6.45) is 6.77. The van der Waals surface area contributed by atoms with Gasteiger partial charge in [-0.15, -0.1) is 0 Å². The molecule has 10 heavy (non-hydrogen) atoms. The molecular formula is C9H16O. The van der Waals surface area contributed by atoms with Crippen molar-refractivity contribution < 1.29 is 5.11 Å². The first-order valence-corrected chi connectivity index (χ1v) is 3.71. The summed E-state index contributed by atoms with van der Waals surface area (Å²) in [6.45, 7) is 7.47. The summed E-state index contributed by atoms with van der Waals surface area (Å²) >= 11 is 0. The second kappa shape index (κ2) is 4.29. The lowest BCUT2D eigenvalue weighted by Gasteiger charge is -2.19. The minimum absolute atomic E-state index is 0.617. The summed E-state index contributed by atoms with van der Waals surface area (Å²) < 4.78 is 0. The summed E-state index contributed by atoms with van der Waals surface area (Å²) in [5, 5.41) is 9.63. The Morgan fingerprint density at radius 1 is 1.40 bits per heavy atom. The molecule has 0 rings (SSSR count). The molecule has 0 radical (unpaired) electrons. The first kappa shape index (κ1) is 9.44. The Morgan fingerprint density at radius 2 is 1.90 bits per heavy atom. The van der Waals surface area contributed by atoms with Crippen molar-refractivity contribution in [3.05, 3.63) is 24.8 Å². The molecule has 1 N–H and O–H groups in total. The highest BCUT2D eigenvalue weighted by Crippen LogP contribution is 2.15. The topological polar surface area (TPSA) is 20.2 Å². The molecule has 0 aromatic heterocycles. The van der Waals surface area contributed by atoms with Crippen LogP contribution in [0.25, 0.3) is 0 Å². The quantitative estimate of drug-likeness (QED) is 0.594. The van der Waals surface area contributed by atoms with Crippen LogP contribution in [0.5, 0.6) is 0 Å². The maximum atomic E-state index is 9.63. The largest absolute Gasteiger partial charge is 0.386 e. The van der Waals surface area contributed by atoms with Crippen molar-refractivity contribution in [2.24, 2.45) is 0 Å². The summed E-state index contributed by atoms with van der Waals surface area (Å²) in [6, 6.07) is 0. The van der Waals surface area contributed by atoms with Gasteiger partial charge in [-0.3, -0.25) is 0 Å². The van der Waals surface area contributed by atoms with Crippen LogP contribution in [0.15, 0.2) is 24.8 Å². The first-order valence-electron chi connectivity index (χ1n) is 3.71. The molecule has 1 heteroatoms. The van der Waals surface area contributed by atoms with E-state index in [1.165, 1.54) is 0 Å². The van der Waals surface area contributed by atoms with Crippen LogP contribution in [0.1, 0.15) is 26.7 Å². The zero-order valence-electron chi connectivity index (χ0n) is 6.80. The average molecular weight is 140 g/mol. The van der Waals surface area contributed by atoms with Crippen LogP contribution in [0, 0.1) is 0 Å². The molecule has 0 aliphatic carbocycles. The minimum atomic E-state index is -0.617. The maximum Gasteiger partial charge on any atom is 0.0825 e. The molecule has 0 unspecified atom stereocenters. The lowest BCUT2D eigenvalue weighted by Crippen LogP contribution is -2.22. The Morgan fingerprint density at radius 3 is 2.20 bits per heavy atom. The molecule has 0 saturated carbocycles. The fourth-order valence-corrected chi connectivity index (χ4v) is 0.733. The van der Waals surface area contributed by atoms with Gasteiger partial charge in [0.25, 0.3) is 0 Å². The van der Waals surface area contributed by atoms with E-state index >= 15 is 0 Å². The third-order valence-corrected chi connectivity index (χ3v) is 1.77. The van der Waals surface area contributed by atoms with Gasteiger partial charge in [0, 0.05) is 0 Å². The van der Waals surface area contributed by atoms with Gasteiger partial charge < -0.3 is 5.11 Å². The molecule has 0 spiro atoms. The summed E-state index contributed by atoms with van der Waals surface area (Å²) in [5.41, 5.74) is -0.617. The Kier molecular flexibility index (Phi) is 4.05. The van der Waals surface area contributed by atoms with Crippen molar-refractivity contribution >= 4 is 0 Å². The van der Waals surface area contributed by atoms with E-state index < -0.39 is 5.60 Å². The van der Waals surface area contributed by atoms with E-state index in [-0.39, 0.29) is 0 Å². The van der Waals surface area contributed by atoms with Crippen molar-refractivity contribution in [1.82, 2.24) is 0 Å². The zero-order chi connectivity index (χ0) is 8.04. The molecule has 0 fully saturated rings. The van der Waals surface area contributed by atoms with Gasteiger partial charge in [-0.1, -0.05) is 38.7 Å². The van der Waals surface area contributed by atoms with Gasteiger partial charge >= 0.3 is 0 Å². The monoisotopic (exact) mass is 140 g/mol. The van der Waals surface area contributed by atoms with Crippen LogP contribution >= 0.6 is 0 Å². The summed E-state index contributed by atoms with van der Waals surface area (Å²) in [4.78, 5) is 0. The van der Waals surface area contributed by atoms with Gasteiger partial charge in [0.1, 0.15) is 0 Å². The first-order chi connectivity index (χ1) is 4.68. The molecule has 1 nitrogen and oxygen atoms in total. The molecule has 0 saturated heterocycles. The highest BCUT2D eigenvalue weighted by Gasteiger charge is 2.16. The highest BCUT2D eigenvalue weighted by atomic mass is 16.3. The Bertz CT molecular complexity index is 121. The van der Waals surface area contributed by atoms with Crippen LogP contribution < -0.4 is 0 Å². The van der Waals surface area contributed by atoms with Crippen LogP contribution in [-0.4, -0.2) is 10.7 Å². The van der Waals surface area contributed by atoms with Crippen molar-refractivity contribution in [3.8, 4) is 0 Å². The molecule has 0 aliphatic heterocycles. The van der Waals surface area contributed by atoms with Crippen LogP contribution in [-0.2, 0) is 0 Å². The van der Waals surface area contributed by atoms with E-state index in [4.69, 9.17) is 0 Å². The van der Waals surface area contributed by atoms with E-state index in [0.29, 0.717) is 0 Å². The SMILES string of the molecule is C=CC=CC(O)(CC)CC. The fourth-order valence-electron chi connectivity index (χ4n) is 0.733. The summed E-state index contributed by atoms with van der Waals surface area (Å²) in [7, 11) is 0. The number of hydrogen-bond acceptors (Lipinski definition) is 1. The summed E-state index contributed by atoms with van der Waals surface area (Å²) in [5.74, 6) is 0. The van der Waals surface area contributed by atoms with Gasteiger partial charge in [-0.2, -0.15) is 0 Å². The van der Waals surface area contributed by atoms with Crippen LogP contribution in [0.3, 0.4) is 0 Å². The van der Waals surface area contributed by atoms with E-state index in [0.717, 1.165) is 12.8 Å². The second-order valence-electron chi connectivity index (χ2n) is 2.41. The van der Waals surface area contributed by atoms with Crippen molar-refractivity contribution in [3.63, 3.8) is 0 Å². The maximum absolute atomic E-state index is 9.63. The third kappa shape index (κ3) is 2.83. The zero-order valence-corrected chi connectivity index (χ0v) is 6.80. The van der Waals surface area contributed by atoms with Crippen molar-refractivity contribution in [1.29, 1.82) is 0 Å². The molecule has 58 valence electrons. The Labute approximate surface area is 63.1 Å². The number of allylic oxidation sites excluding steroid dienone is 2. The number of rotatable bonds is 4. The van der Waals surface area contributed by atoms with Gasteiger partial charge in [-0.25, -0.2) is 0 Å². The normalized spacial score (nSPS) is 12.3. The second-order valence-corrected chi connectivity index (χ2v) is 2.41. The number of hydrogen-bond donors (Lipinski definition) is 1. The Balaban J connectivity index is 4.04. The molecule has 0 aliphatic rings. The standard InChI is InChI=1S/C9H16O/c1-4-7-8-9(10,5-2)6-3/h4,7-8,10H,1,5-6H2,2-3H3. The predicted molar refractivity (Wildman–Crippen MR) is 44.9 cm³/mol. The van der Waals surface area contributed by atoms with Gasteiger partial charge in [0.05, 0.1) is 5.60 Å². The molecule has 0 amide bonds. The van der Waals surface area contributed by atoms with Crippen molar-refractivity contribution in [2.75, 3.05) is 0 Å². The molecule has 0 aromatic carbocycles. The number of aliphatic hydroxyl groups is 1. The van der Waals surface area contributed by atoms with Gasteiger partial charge in [-0.05, 0) is 12.8 Å². The van der Waals surface area contributed by atoms with Gasteiger partial charge in [0.15, 0.2) is 0 Å². The van der Waals surface area contributed by atoms with E-state index in [2.05, 4.69) is 6.58 Å². The van der Waals surface area contributed by atoms with E-state index in [9.17, 15) is 5.11 Å². The lowest BCUT2D eigenvalue weighted by molar-refractivity contribution is 0.0828. The third-order valence-electron chi connectivity index (χ3n) is 1.77. The molecule has 0 atom stereocenters. The van der Waals surface area contributed by atoms with Gasteiger partial charge in [0.2, 0.25) is 0 Å². The van der Waals surface area contributed by atoms with Crippen molar-refractivity contribution in [2.45, 2.75) is 32.3 Å². The predicted octanol–water partition coefficient (Wildman–Crippen LogP) is 2.28. The average Bonchev–Trinajstić information content (AvgIpc) is 2.00. The molecule has 0 bridgehead atoms.